The van der Waals surface area contributed by atoms with Crippen LogP contribution in [0.15, 0.2) is 42.5 Å². The molecule has 0 bridgehead atoms. The molecular weight excluding hydrogens is 330 g/mol. The third kappa shape index (κ3) is 4.91. The molecule has 2 aromatic rings. The Kier molecular flexibility index (Phi) is 6.89. The summed E-state index contributed by atoms with van der Waals surface area (Å²) in [5.41, 5.74) is 1.58. The summed E-state index contributed by atoms with van der Waals surface area (Å²) < 4.78 is 15.7. The number of carbonyl (C=O) groups is 1. The molecule has 1 atom stereocenters. The smallest absolute Gasteiger partial charge is 0.251 e. The molecule has 0 aliphatic rings. The number of amides is 1. The summed E-state index contributed by atoms with van der Waals surface area (Å²) in [6, 6.07) is 12.9. The molecule has 0 saturated heterocycles. The quantitative estimate of drug-likeness (QED) is 0.768. The van der Waals surface area contributed by atoms with Gasteiger partial charge in [-0.2, -0.15) is 0 Å². The normalized spacial score (nSPS) is 11.8. The summed E-state index contributed by atoms with van der Waals surface area (Å²) >= 11 is 0. The van der Waals surface area contributed by atoms with Crippen molar-refractivity contribution in [2.24, 2.45) is 5.92 Å². The third-order valence-corrected chi connectivity index (χ3v) is 4.18. The molecule has 0 fully saturated rings. The third-order valence-electron chi connectivity index (χ3n) is 4.18. The van der Waals surface area contributed by atoms with Crippen molar-refractivity contribution >= 4 is 5.91 Å². The minimum Gasteiger partial charge on any atom is -0.497 e. The molecule has 2 aromatic carbocycles. The molecule has 5 nitrogen and oxygen atoms in total. The lowest BCUT2D eigenvalue weighted by Gasteiger charge is -2.22. The Bertz CT molecular complexity index is 725. The van der Waals surface area contributed by atoms with Gasteiger partial charge in [-0.25, -0.2) is 0 Å². The summed E-state index contributed by atoms with van der Waals surface area (Å²) in [6.45, 7) is 4.28. The van der Waals surface area contributed by atoms with Crippen LogP contribution in [0.3, 0.4) is 0 Å². The second kappa shape index (κ2) is 9.13. The number of rotatable bonds is 8. The molecule has 0 aliphatic carbocycles. The van der Waals surface area contributed by atoms with Crippen molar-refractivity contribution in [1.82, 2.24) is 5.32 Å². The minimum absolute atomic E-state index is 0.0819. The topological polar surface area (TPSA) is 56.8 Å². The zero-order chi connectivity index (χ0) is 19.1. The van der Waals surface area contributed by atoms with Gasteiger partial charge in [-0.3, -0.25) is 4.79 Å². The van der Waals surface area contributed by atoms with Crippen molar-refractivity contribution in [2.75, 3.05) is 21.3 Å². The number of benzene rings is 2. The van der Waals surface area contributed by atoms with Gasteiger partial charge in [0.15, 0.2) is 11.5 Å². The van der Waals surface area contributed by atoms with Crippen LogP contribution in [0.5, 0.6) is 17.2 Å². The highest BCUT2D eigenvalue weighted by Crippen LogP contribution is 2.28. The van der Waals surface area contributed by atoms with Gasteiger partial charge in [-0.05, 0) is 48.2 Å². The molecule has 140 valence electrons. The van der Waals surface area contributed by atoms with Gasteiger partial charge in [0.1, 0.15) is 5.75 Å². The van der Waals surface area contributed by atoms with E-state index in [0.29, 0.717) is 23.0 Å². The van der Waals surface area contributed by atoms with E-state index in [0.717, 1.165) is 17.7 Å². The average Bonchev–Trinajstić information content (AvgIpc) is 2.66. The van der Waals surface area contributed by atoms with E-state index in [1.807, 2.05) is 24.3 Å². The lowest BCUT2D eigenvalue weighted by molar-refractivity contribution is 0.0931. The highest BCUT2D eigenvalue weighted by atomic mass is 16.5. The Balaban J connectivity index is 2.22. The molecule has 0 aromatic heterocycles. The fourth-order valence-corrected chi connectivity index (χ4v) is 2.81. The monoisotopic (exact) mass is 357 g/mol. The molecule has 0 radical (unpaired) electrons. The van der Waals surface area contributed by atoms with E-state index in [1.54, 1.807) is 39.5 Å². The molecule has 1 amide bonds. The number of hydrogen-bond acceptors (Lipinski definition) is 4. The Morgan fingerprint density at radius 2 is 1.58 bits per heavy atom. The number of carbonyl (C=O) groups excluding carboxylic acids is 1. The van der Waals surface area contributed by atoms with Gasteiger partial charge in [0.05, 0.1) is 27.4 Å². The molecule has 0 heterocycles. The van der Waals surface area contributed by atoms with Gasteiger partial charge in [0.25, 0.3) is 5.91 Å². The van der Waals surface area contributed by atoms with E-state index in [4.69, 9.17) is 14.2 Å². The minimum atomic E-state index is -0.146. The van der Waals surface area contributed by atoms with Crippen LogP contribution in [0.1, 0.15) is 42.2 Å². The maximum Gasteiger partial charge on any atom is 0.251 e. The predicted molar refractivity (Wildman–Crippen MR) is 102 cm³/mol. The zero-order valence-corrected chi connectivity index (χ0v) is 16.0. The summed E-state index contributed by atoms with van der Waals surface area (Å²) in [4.78, 5) is 12.8. The molecule has 5 heteroatoms. The average molecular weight is 357 g/mol. The van der Waals surface area contributed by atoms with Crippen molar-refractivity contribution in [2.45, 2.75) is 26.3 Å². The van der Waals surface area contributed by atoms with Crippen molar-refractivity contribution in [3.05, 3.63) is 53.6 Å². The van der Waals surface area contributed by atoms with Gasteiger partial charge < -0.3 is 19.5 Å². The molecule has 0 aliphatic heterocycles. The zero-order valence-electron chi connectivity index (χ0n) is 16.0. The van der Waals surface area contributed by atoms with Gasteiger partial charge in [-0.1, -0.05) is 26.0 Å². The maximum absolute atomic E-state index is 12.8. The summed E-state index contributed by atoms with van der Waals surface area (Å²) in [5.74, 6) is 2.21. The van der Waals surface area contributed by atoms with Gasteiger partial charge in [0.2, 0.25) is 0 Å². The van der Waals surface area contributed by atoms with E-state index in [1.165, 1.54) is 0 Å². The highest BCUT2D eigenvalue weighted by molar-refractivity contribution is 5.95. The second-order valence-corrected chi connectivity index (χ2v) is 6.50. The van der Waals surface area contributed by atoms with Crippen LogP contribution in [0, 0.1) is 5.92 Å². The van der Waals surface area contributed by atoms with E-state index in [-0.39, 0.29) is 11.9 Å². The number of methoxy groups -OCH3 is 3. The van der Waals surface area contributed by atoms with E-state index >= 15 is 0 Å². The first-order chi connectivity index (χ1) is 12.5. The van der Waals surface area contributed by atoms with Crippen LogP contribution in [0.4, 0.5) is 0 Å². The molecule has 0 spiro atoms. The first-order valence-electron chi connectivity index (χ1n) is 8.65. The van der Waals surface area contributed by atoms with E-state index < -0.39 is 0 Å². The first kappa shape index (κ1) is 19.6. The molecule has 2 rings (SSSR count). The summed E-state index contributed by atoms with van der Waals surface area (Å²) in [6.07, 6.45) is 0.839. The van der Waals surface area contributed by atoms with Crippen molar-refractivity contribution < 1.29 is 19.0 Å². The van der Waals surface area contributed by atoms with Crippen LogP contribution in [-0.2, 0) is 0 Å². The van der Waals surface area contributed by atoms with Crippen molar-refractivity contribution in [3.8, 4) is 17.2 Å². The fourth-order valence-electron chi connectivity index (χ4n) is 2.81. The second-order valence-electron chi connectivity index (χ2n) is 6.50. The summed E-state index contributed by atoms with van der Waals surface area (Å²) in [5, 5.41) is 3.13. The highest BCUT2D eigenvalue weighted by Gasteiger charge is 2.18. The van der Waals surface area contributed by atoms with Crippen LogP contribution < -0.4 is 19.5 Å². The van der Waals surface area contributed by atoms with Gasteiger partial charge >= 0.3 is 0 Å². The van der Waals surface area contributed by atoms with Crippen molar-refractivity contribution in [3.63, 3.8) is 0 Å². The van der Waals surface area contributed by atoms with Crippen LogP contribution in [0.25, 0.3) is 0 Å². The van der Waals surface area contributed by atoms with Crippen molar-refractivity contribution in [1.29, 1.82) is 0 Å². The van der Waals surface area contributed by atoms with E-state index in [2.05, 4.69) is 19.2 Å². The summed E-state index contributed by atoms with van der Waals surface area (Å²) in [7, 11) is 4.76. The van der Waals surface area contributed by atoms with E-state index in [9.17, 15) is 4.79 Å². The standard InChI is InChI=1S/C21H27NO4/c1-14(2)12-18(15-6-9-17(24-3)10-7-15)22-21(23)16-8-11-19(25-4)20(13-16)26-5/h6-11,13-14,18H,12H2,1-5H3,(H,22,23). The Hall–Kier alpha value is -2.69. The molecule has 1 unspecified atom stereocenters. The maximum atomic E-state index is 12.8. The Morgan fingerprint density at radius 1 is 0.923 bits per heavy atom. The molecular formula is C21H27NO4. The van der Waals surface area contributed by atoms with Gasteiger partial charge in [0, 0.05) is 5.56 Å². The fraction of sp³-hybridized carbons (Fsp3) is 0.381. The number of hydrogen-bond donors (Lipinski definition) is 1. The number of nitrogens with one attached hydrogen (secondary N) is 1. The Morgan fingerprint density at radius 3 is 2.12 bits per heavy atom. The molecule has 0 saturated carbocycles. The Labute approximate surface area is 155 Å². The molecule has 1 N–H and O–H groups in total. The number of ether oxygens (including phenoxy) is 3. The largest absolute Gasteiger partial charge is 0.497 e. The lowest BCUT2D eigenvalue weighted by Crippen LogP contribution is -2.29. The predicted octanol–water partition coefficient (Wildman–Crippen LogP) is 4.23. The first-order valence-corrected chi connectivity index (χ1v) is 8.65. The SMILES string of the molecule is COc1ccc(C(CC(C)C)NC(=O)c2ccc(OC)c(OC)c2)cc1. The van der Waals surface area contributed by atoms with Gasteiger partial charge in [-0.15, -0.1) is 0 Å². The van der Waals surface area contributed by atoms with Crippen LogP contribution in [0.2, 0.25) is 0 Å². The van der Waals surface area contributed by atoms with Crippen LogP contribution >= 0.6 is 0 Å². The molecule has 26 heavy (non-hydrogen) atoms. The van der Waals surface area contributed by atoms with Crippen LogP contribution in [-0.4, -0.2) is 27.2 Å². The lowest BCUT2D eigenvalue weighted by atomic mass is 9.96.